The van der Waals surface area contributed by atoms with Gasteiger partial charge in [-0.15, -0.1) is 0 Å². The van der Waals surface area contributed by atoms with Gasteiger partial charge >= 0.3 is 18.0 Å². The molecule has 0 radical (unpaired) electrons. The average molecular weight is 322 g/mol. The molecule has 1 aromatic carbocycles. The molecule has 23 heavy (non-hydrogen) atoms. The Kier molecular flexibility index (Phi) is 8.20. The number of hydrogen-bond donors (Lipinski definition) is 2. The van der Waals surface area contributed by atoms with E-state index < -0.39 is 24.0 Å². The highest BCUT2D eigenvalue weighted by atomic mass is 16.5. The molecule has 0 aromatic heterocycles. The lowest BCUT2D eigenvalue weighted by molar-refractivity contribution is -0.145. The second kappa shape index (κ2) is 10.2. The summed E-state index contributed by atoms with van der Waals surface area (Å²) >= 11 is 0. The fourth-order valence-electron chi connectivity index (χ4n) is 1.86. The maximum Gasteiger partial charge on any atom is 0.329 e. The Morgan fingerprint density at radius 3 is 2.30 bits per heavy atom. The molecule has 1 unspecified atom stereocenters. The molecule has 0 aliphatic rings. The zero-order valence-electron chi connectivity index (χ0n) is 13.3. The van der Waals surface area contributed by atoms with Gasteiger partial charge in [0.1, 0.15) is 12.6 Å². The largest absolute Gasteiger partial charge is 0.465 e. The lowest BCUT2D eigenvalue weighted by Crippen LogP contribution is -2.48. The summed E-state index contributed by atoms with van der Waals surface area (Å²) in [4.78, 5) is 35.0. The van der Waals surface area contributed by atoms with Gasteiger partial charge in [-0.2, -0.15) is 0 Å². The van der Waals surface area contributed by atoms with Gasteiger partial charge in [-0.1, -0.05) is 30.3 Å². The Hall–Kier alpha value is -2.57. The summed E-state index contributed by atoms with van der Waals surface area (Å²) in [5, 5.41) is 4.86. The number of carbonyl (C=O) groups is 3. The monoisotopic (exact) mass is 322 g/mol. The predicted molar refractivity (Wildman–Crippen MR) is 83.7 cm³/mol. The van der Waals surface area contributed by atoms with Crippen LogP contribution in [-0.4, -0.2) is 43.8 Å². The van der Waals surface area contributed by atoms with E-state index in [1.165, 1.54) is 0 Å². The smallest absolute Gasteiger partial charge is 0.329 e. The second-order valence-electron chi connectivity index (χ2n) is 4.63. The van der Waals surface area contributed by atoms with Crippen LogP contribution in [0.3, 0.4) is 0 Å². The van der Waals surface area contributed by atoms with Crippen molar-refractivity contribution in [2.75, 3.05) is 19.8 Å². The molecule has 2 amide bonds. The highest BCUT2D eigenvalue weighted by Gasteiger charge is 2.22. The van der Waals surface area contributed by atoms with Gasteiger partial charge in [-0.3, -0.25) is 4.79 Å². The van der Waals surface area contributed by atoms with Crippen LogP contribution in [0.2, 0.25) is 0 Å². The first-order valence-corrected chi connectivity index (χ1v) is 7.47. The van der Waals surface area contributed by atoms with Gasteiger partial charge in [-0.25, -0.2) is 9.59 Å². The summed E-state index contributed by atoms with van der Waals surface area (Å²) in [5.41, 5.74) is 0.885. The third-order valence-corrected chi connectivity index (χ3v) is 2.86. The van der Waals surface area contributed by atoms with Crippen molar-refractivity contribution in [3.63, 3.8) is 0 Å². The normalized spacial score (nSPS) is 11.2. The van der Waals surface area contributed by atoms with Crippen molar-refractivity contribution in [2.45, 2.75) is 26.3 Å². The van der Waals surface area contributed by atoms with Crippen molar-refractivity contribution in [3.8, 4) is 0 Å². The van der Waals surface area contributed by atoms with Crippen molar-refractivity contribution in [3.05, 3.63) is 35.9 Å². The molecule has 7 heteroatoms. The fraction of sp³-hybridized carbons (Fsp3) is 0.438. The summed E-state index contributed by atoms with van der Waals surface area (Å²) < 4.78 is 9.67. The molecule has 1 aromatic rings. The van der Waals surface area contributed by atoms with E-state index in [0.29, 0.717) is 6.42 Å². The van der Waals surface area contributed by atoms with E-state index in [-0.39, 0.29) is 19.8 Å². The molecule has 0 fully saturated rings. The van der Waals surface area contributed by atoms with Crippen LogP contribution in [0.4, 0.5) is 4.79 Å². The van der Waals surface area contributed by atoms with Gasteiger partial charge in [0.15, 0.2) is 0 Å². The highest BCUT2D eigenvalue weighted by Crippen LogP contribution is 2.04. The van der Waals surface area contributed by atoms with Crippen LogP contribution in [0.15, 0.2) is 30.3 Å². The SMILES string of the molecule is CCOC(=O)CNC(=O)NC(Cc1ccccc1)C(=O)OCC. The number of urea groups is 1. The molecule has 1 atom stereocenters. The Morgan fingerprint density at radius 2 is 1.70 bits per heavy atom. The minimum atomic E-state index is -0.834. The molecule has 0 saturated carbocycles. The zero-order chi connectivity index (χ0) is 17.1. The van der Waals surface area contributed by atoms with Crippen LogP contribution in [0.1, 0.15) is 19.4 Å². The maximum atomic E-state index is 12.0. The Balaban J connectivity index is 2.60. The number of hydrogen-bond acceptors (Lipinski definition) is 5. The molecule has 0 heterocycles. The van der Waals surface area contributed by atoms with Gasteiger partial charge in [0.05, 0.1) is 13.2 Å². The molecule has 126 valence electrons. The number of nitrogens with one attached hydrogen (secondary N) is 2. The Bertz CT molecular complexity index is 518. The number of benzene rings is 1. The Morgan fingerprint density at radius 1 is 1.04 bits per heavy atom. The predicted octanol–water partition coefficient (Wildman–Crippen LogP) is 1.02. The first-order chi connectivity index (χ1) is 11.1. The van der Waals surface area contributed by atoms with E-state index in [0.717, 1.165) is 5.56 Å². The molecular formula is C16H22N2O5. The van der Waals surface area contributed by atoms with Gasteiger partial charge in [-0.05, 0) is 19.4 Å². The molecule has 0 saturated heterocycles. The minimum Gasteiger partial charge on any atom is -0.465 e. The van der Waals surface area contributed by atoms with E-state index in [1.54, 1.807) is 13.8 Å². The molecular weight excluding hydrogens is 300 g/mol. The Labute approximate surface area is 135 Å². The van der Waals surface area contributed by atoms with Crippen LogP contribution < -0.4 is 10.6 Å². The third-order valence-electron chi connectivity index (χ3n) is 2.86. The van der Waals surface area contributed by atoms with Crippen molar-refractivity contribution in [1.82, 2.24) is 10.6 Å². The molecule has 2 N–H and O–H groups in total. The molecule has 0 bridgehead atoms. The number of carbonyl (C=O) groups excluding carboxylic acids is 3. The van der Waals surface area contributed by atoms with Crippen LogP contribution in [0, 0.1) is 0 Å². The minimum absolute atomic E-state index is 0.218. The summed E-state index contributed by atoms with van der Waals surface area (Å²) in [5.74, 6) is -1.07. The third kappa shape index (κ3) is 7.30. The van der Waals surface area contributed by atoms with Crippen molar-refractivity contribution >= 4 is 18.0 Å². The van der Waals surface area contributed by atoms with Crippen molar-refractivity contribution < 1.29 is 23.9 Å². The standard InChI is InChI=1S/C16H22N2O5/c1-3-22-14(19)11-17-16(21)18-13(15(20)23-4-2)10-12-8-6-5-7-9-12/h5-9,13H,3-4,10-11H2,1-2H3,(H2,17,18,21). The van der Waals surface area contributed by atoms with Crippen LogP contribution in [0.25, 0.3) is 0 Å². The summed E-state index contributed by atoms with van der Waals surface area (Å²) in [7, 11) is 0. The van der Waals surface area contributed by atoms with E-state index in [4.69, 9.17) is 9.47 Å². The van der Waals surface area contributed by atoms with Gasteiger partial charge in [0.2, 0.25) is 0 Å². The van der Waals surface area contributed by atoms with E-state index >= 15 is 0 Å². The zero-order valence-corrected chi connectivity index (χ0v) is 13.3. The summed E-state index contributed by atoms with van der Waals surface area (Å²) in [6.45, 7) is 3.56. The first-order valence-electron chi connectivity index (χ1n) is 7.47. The second-order valence-corrected chi connectivity index (χ2v) is 4.63. The molecule has 0 aliphatic carbocycles. The lowest BCUT2D eigenvalue weighted by Gasteiger charge is -2.17. The van der Waals surface area contributed by atoms with E-state index in [2.05, 4.69) is 10.6 Å². The number of esters is 2. The number of ether oxygens (including phenoxy) is 2. The molecule has 0 spiro atoms. The van der Waals surface area contributed by atoms with Crippen LogP contribution >= 0.6 is 0 Å². The average Bonchev–Trinajstić information content (AvgIpc) is 2.54. The maximum absolute atomic E-state index is 12.0. The summed E-state index contributed by atoms with van der Waals surface area (Å²) in [6.07, 6.45) is 0.298. The van der Waals surface area contributed by atoms with Crippen molar-refractivity contribution in [2.24, 2.45) is 0 Å². The number of rotatable bonds is 8. The van der Waals surface area contributed by atoms with Gasteiger partial charge < -0.3 is 20.1 Å². The number of amides is 2. The topological polar surface area (TPSA) is 93.7 Å². The quantitative estimate of drug-likeness (QED) is 0.697. The first kappa shape index (κ1) is 18.5. The summed E-state index contributed by atoms with van der Waals surface area (Å²) in [6, 6.07) is 7.79. The van der Waals surface area contributed by atoms with E-state index in [9.17, 15) is 14.4 Å². The highest BCUT2D eigenvalue weighted by molar-refractivity contribution is 5.85. The fourth-order valence-corrected chi connectivity index (χ4v) is 1.86. The molecule has 1 rings (SSSR count). The van der Waals surface area contributed by atoms with Gasteiger partial charge in [0.25, 0.3) is 0 Å². The van der Waals surface area contributed by atoms with Crippen LogP contribution in [-0.2, 0) is 25.5 Å². The van der Waals surface area contributed by atoms with E-state index in [1.807, 2.05) is 30.3 Å². The molecule has 0 aliphatic heterocycles. The van der Waals surface area contributed by atoms with Crippen molar-refractivity contribution in [1.29, 1.82) is 0 Å². The lowest BCUT2D eigenvalue weighted by atomic mass is 10.1. The van der Waals surface area contributed by atoms with Crippen LogP contribution in [0.5, 0.6) is 0 Å². The molecule has 7 nitrogen and oxygen atoms in total. The van der Waals surface area contributed by atoms with Gasteiger partial charge in [0, 0.05) is 6.42 Å².